The number of ether oxygens (including phenoxy) is 2. The van der Waals surface area contributed by atoms with Crippen molar-refractivity contribution in [2.75, 3.05) is 27.3 Å². The van der Waals surface area contributed by atoms with Crippen LogP contribution in [-0.4, -0.2) is 38.9 Å². The number of guanidine groups is 1. The average molecular weight is 321 g/mol. The zero-order valence-electron chi connectivity index (χ0n) is 15.3. The third-order valence-corrected chi connectivity index (χ3v) is 3.42. The van der Waals surface area contributed by atoms with Crippen LogP contribution >= 0.6 is 0 Å². The van der Waals surface area contributed by atoms with E-state index in [1.165, 1.54) is 5.56 Å². The van der Waals surface area contributed by atoms with Crippen LogP contribution in [0.2, 0.25) is 0 Å². The molecule has 0 unspecified atom stereocenters. The van der Waals surface area contributed by atoms with Crippen molar-refractivity contribution in [2.45, 2.75) is 39.8 Å². The highest BCUT2D eigenvalue weighted by atomic mass is 16.5. The van der Waals surface area contributed by atoms with Gasteiger partial charge in [0.2, 0.25) is 0 Å². The van der Waals surface area contributed by atoms with E-state index >= 15 is 0 Å². The van der Waals surface area contributed by atoms with Gasteiger partial charge in [0.15, 0.2) is 5.96 Å². The zero-order chi connectivity index (χ0) is 17.3. The van der Waals surface area contributed by atoms with Crippen LogP contribution in [-0.2, 0) is 11.3 Å². The molecule has 0 aliphatic heterocycles. The Balaban J connectivity index is 2.43. The first-order valence-corrected chi connectivity index (χ1v) is 8.07. The molecule has 0 spiro atoms. The molecule has 0 bridgehead atoms. The van der Waals surface area contributed by atoms with Crippen LogP contribution in [0, 0.1) is 5.92 Å². The number of benzene rings is 1. The standard InChI is InChI=1S/C18H31N3O2/c1-14(2)12-23-16-9-7-15(8-10-16)11-20-17(19-5)21-13-18(3,4)22-6/h7-10,14H,11-13H2,1-6H3,(H2,19,20,21). The molecular weight excluding hydrogens is 290 g/mol. The fraction of sp³-hybridized carbons (Fsp3) is 0.611. The molecule has 0 saturated heterocycles. The van der Waals surface area contributed by atoms with Crippen molar-refractivity contribution in [2.24, 2.45) is 10.9 Å². The topological polar surface area (TPSA) is 54.9 Å². The summed E-state index contributed by atoms with van der Waals surface area (Å²) in [5.41, 5.74) is 0.948. The molecule has 0 radical (unpaired) electrons. The molecule has 23 heavy (non-hydrogen) atoms. The Morgan fingerprint density at radius 3 is 2.35 bits per heavy atom. The first kappa shape index (κ1) is 19.3. The van der Waals surface area contributed by atoms with Crippen LogP contribution in [0.4, 0.5) is 0 Å². The molecule has 0 fully saturated rings. The van der Waals surface area contributed by atoms with Gasteiger partial charge < -0.3 is 20.1 Å². The number of aliphatic imine (C=N–C) groups is 1. The van der Waals surface area contributed by atoms with Crippen LogP contribution < -0.4 is 15.4 Å². The fourth-order valence-electron chi connectivity index (χ4n) is 1.74. The number of nitrogens with zero attached hydrogens (tertiary/aromatic N) is 1. The molecule has 130 valence electrons. The number of nitrogens with one attached hydrogen (secondary N) is 2. The Bertz CT molecular complexity index is 482. The third-order valence-electron chi connectivity index (χ3n) is 3.42. The van der Waals surface area contributed by atoms with Crippen LogP contribution in [0.3, 0.4) is 0 Å². The summed E-state index contributed by atoms with van der Waals surface area (Å²) in [4.78, 5) is 4.22. The van der Waals surface area contributed by atoms with Gasteiger partial charge in [-0.05, 0) is 37.5 Å². The normalized spacial score (nSPS) is 12.4. The quantitative estimate of drug-likeness (QED) is 0.571. The smallest absolute Gasteiger partial charge is 0.191 e. The lowest BCUT2D eigenvalue weighted by Crippen LogP contribution is -2.45. The lowest BCUT2D eigenvalue weighted by molar-refractivity contribution is 0.0268. The summed E-state index contributed by atoms with van der Waals surface area (Å²) in [5, 5.41) is 6.56. The molecule has 0 saturated carbocycles. The predicted octanol–water partition coefficient (Wildman–Crippen LogP) is 2.81. The molecule has 5 heteroatoms. The summed E-state index contributed by atoms with van der Waals surface area (Å²) in [6.45, 7) is 10.5. The van der Waals surface area contributed by atoms with E-state index < -0.39 is 0 Å². The highest BCUT2D eigenvalue weighted by molar-refractivity contribution is 5.79. The minimum absolute atomic E-state index is 0.229. The third kappa shape index (κ3) is 7.88. The summed E-state index contributed by atoms with van der Waals surface area (Å²) in [6, 6.07) is 8.14. The molecule has 0 atom stereocenters. The summed E-state index contributed by atoms with van der Waals surface area (Å²) < 4.78 is 11.1. The molecule has 0 heterocycles. The van der Waals surface area contributed by atoms with E-state index in [-0.39, 0.29) is 5.60 Å². The Hall–Kier alpha value is -1.75. The van der Waals surface area contributed by atoms with E-state index in [4.69, 9.17) is 9.47 Å². The van der Waals surface area contributed by atoms with E-state index in [2.05, 4.69) is 41.6 Å². The Labute approximate surface area is 140 Å². The van der Waals surface area contributed by atoms with Crippen molar-refractivity contribution in [1.29, 1.82) is 0 Å². The Morgan fingerprint density at radius 1 is 1.17 bits per heavy atom. The average Bonchev–Trinajstić information content (AvgIpc) is 2.54. The highest BCUT2D eigenvalue weighted by Gasteiger charge is 2.16. The van der Waals surface area contributed by atoms with Gasteiger partial charge in [-0.2, -0.15) is 0 Å². The number of hydrogen-bond donors (Lipinski definition) is 2. The van der Waals surface area contributed by atoms with Crippen molar-refractivity contribution in [3.63, 3.8) is 0 Å². The maximum atomic E-state index is 5.69. The van der Waals surface area contributed by atoms with Gasteiger partial charge in [-0.15, -0.1) is 0 Å². The van der Waals surface area contributed by atoms with Crippen molar-refractivity contribution >= 4 is 5.96 Å². The first-order chi connectivity index (χ1) is 10.9. The summed E-state index contributed by atoms with van der Waals surface area (Å²) in [6.07, 6.45) is 0. The van der Waals surface area contributed by atoms with Crippen LogP contribution in [0.15, 0.2) is 29.3 Å². The van der Waals surface area contributed by atoms with Gasteiger partial charge in [0.05, 0.1) is 12.2 Å². The van der Waals surface area contributed by atoms with E-state index in [0.717, 1.165) is 18.3 Å². The van der Waals surface area contributed by atoms with E-state index in [1.54, 1.807) is 14.2 Å². The van der Waals surface area contributed by atoms with Crippen molar-refractivity contribution in [1.82, 2.24) is 10.6 Å². The van der Waals surface area contributed by atoms with Gasteiger partial charge in [0.25, 0.3) is 0 Å². The maximum absolute atomic E-state index is 5.69. The van der Waals surface area contributed by atoms with Gasteiger partial charge in [0, 0.05) is 27.2 Å². The molecule has 0 aromatic heterocycles. The van der Waals surface area contributed by atoms with Gasteiger partial charge in [0.1, 0.15) is 5.75 Å². The van der Waals surface area contributed by atoms with E-state index in [1.807, 2.05) is 26.0 Å². The fourth-order valence-corrected chi connectivity index (χ4v) is 1.74. The lowest BCUT2D eigenvalue weighted by atomic mass is 10.1. The second-order valence-corrected chi connectivity index (χ2v) is 6.59. The second-order valence-electron chi connectivity index (χ2n) is 6.59. The Kier molecular flexibility index (Phi) is 7.89. The minimum Gasteiger partial charge on any atom is -0.493 e. The number of methoxy groups -OCH3 is 1. The highest BCUT2D eigenvalue weighted by Crippen LogP contribution is 2.13. The molecule has 2 N–H and O–H groups in total. The predicted molar refractivity (Wildman–Crippen MR) is 96.1 cm³/mol. The maximum Gasteiger partial charge on any atom is 0.191 e. The molecule has 1 aromatic rings. The minimum atomic E-state index is -0.229. The van der Waals surface area contributed by atoms with Crippen LogP contribution in [0.1, 0.15) is 33.3 Å². The summed E-state index contributed by atoms with van der Waals surface area (Å²) in [7, 11) is 3.47. The molecule has 1 aromatic carbocycles. The monoisotopic (exact) mass is 321 g/mol. The molecule has 0 aliphatic carbocycles. The van der Waals surface area contributed by atoms with Gasteiger partial charge in [-0.25, -0.2) is 0 Å². The molecular formula is C18H31N3O2. The molecule has 0 amide bonds. The Morgan fingerprint density at radius 2 is 1.83 bits per heavy atom. The molecule has 0 aliphatic rings. The van der Waals surface area contributed by atoms with E-state index in [0.29, 0.717) is 19.0 Å². The van der Waals surface area contributed by atoms with Gasteiger partial charge in [-0.3, -0.25) is 4.99 Å². The van der Waals surface area contributed by atoms with E-state index in [9.17, 15) is 0 Å². The summed E-state index contributed by atoms with van der Waals surface area (Å²) >= 11 is 0. The van der Waals surface area contributed by atoms with Gasteiger partial charge >= 0.3 is 0 Å². The second kappa shape index (κ2) is 9.40. The number of rotatable bonds is 8. The molecule has 5 nitrogen and oxygen atoms in total. The van der Waals surface area contributed by atoms with Gasteiger partial charge in [-0.1, -0.05) is 26.0 Å². The van der Waals surface area contributed by atoms with Crippen molar-refractivity contribution < 1.29 is 9.47 Å². The SMILES string of the molecule is CN=C(NCc1ccc(OCC(C)C)cc1)NCC(C)(C)OC. The van der Waals surface area contributed by atoms with Crippen molar-refractivity contribution in [3.8, 4) is 5.75 Å². The van der Waals surface area contributed by atoms with Crippen LogP contribution in [0.25, 0.3) is 0 Å². The summed E-state index contributed by atoms with van der Waals surface area (Å²) in [5.74, 6) is 2.20. The van der Waals surface area contributed by atoms with Crippen LogP contribution in [0.5, 0.6) is 5.75 Å². The number of hydrogen-bond acceptors (Lipinski definition) is 3. The van der Waals surface area contributed by atoms with Crippen molar-refractivity contribution in [3.05, 3.63) is 29.8 Å². The molecule has 1 rings (SSSR count). The lowest BCUT2D eigenvalue weighted by Gasteiger charge is -2.24. The first-order valence-electron chi connectivity index (χ1n) is 8.07. The largest absolute Gasteiger partial charge is 0.493 e. The zero-order valence-corrected chi connectivity index (χ0v) is 15.3.